The molecule has 41 heavy (non-hydrogen) atoms. The van der Waals surface area contributed by atoms with Gasteiger partial charge in [0, 0.05) is 22.9 Å². The average Bonchev–Trinajstić information content (AvgIpc) is 3.67. The standard InChI is InChI=1S/C31H46N2O7S/c1-18-6-8-19(9-7-18)27(34)33(23-16-25(31(2,3)4)41-26(23)28(35)37-5)21-12-10-20(11-13-21)32-30(36)40-24-17-39-29-22(24)14-15-38-29/h16,18-22,24,29H,6-15,17H2,1-5H3,(H,32,36)/t18?,19?,20?,21?,22-,24-,29+/m0/s1. The number of hydrogen-bond donors (Lipinski definition) is 1. The van der Waals surface area contributed by atoms with E-state index in [2.05, 4.69) is 33.0 Å². The summed E-state index contributed by atoms with van der Waals surface area (Å²) in [7, 11) is 1.39. The smallest absolute Gasteiger partial charge is 0.407 e. The van der Waals surface area contributed by atoms with Crippen molar-refractivity contribution in [1.29, 1.82) is 0 Å². The van der Waals surface area contributed by atoms with Gasteiger partial charge in [-0.05, 0) is 75.2 Å². The van der Waals surface area contributed by atoms with Crippen LogP contribution >= 0.6 is 11.3 Å². The molecule has 9 nitrogen and oxygen atoms in total. The summed E-state index contributed by atoms with van der Waals surface area (Å²) in [4.78, 5) is 43.4. The van der Waals surface area contributed by atoms with Crippen molar-refractivity contribution in [1.82, 2.24) is 5.32 Å². The van der Waals surface area contributed by atoms with Gasteiger partial charge in [0.2, 0.25) is 5.91 Å². The fourth-order valence-corrected chi connectivity index (χ4v) is 7.86. The van der Waals surface area contributed by atoms with Gasteiger partial charge in [-0.25, -0.2) is 9.59 Å². The zero-order valence-corrected chi connectivity index (χ0v) is 25.9. The van der Waals surface area contributed by atoms with E-state index >= 15 is 0 Å². The van der Waals surface area contributed by atoms with Crippen LogP contribution in [-0.4, -0.2) is 62.8 Å². The molecule has 2 saturated heterocycles. The van der Waals surface area contributed by atoms with Gasteiger partial charge in [-0.3, -0.25) is 4.79 Å². The summed E-state index contributed by atoms with van der Waals surface area (Å²) in [6.07, 6.45) is 6.64. The summed E-state index contributed by atoms with van der Waals surface area (Å²) in [5.74, 6) is 0.407. The number of amides is 2. The predicted molar refractivity (Wildman–Crippen MR) is 156 cm³/mol. The number of fused-ring (bicyclic) bond motifs is 1. The molecule has 2 amide bonds. The van der Waals surface area contributed by atoms with Gasteiger partial charge < -0.3 is 29.2 Å². The molecule has 228 valence electrons. The van der Waals surface area contributed by atoms with Gasteiger partial charge in [0.1, 0.15) is 11.0 Å². The quantitative estimate of drug-likeness (QED) is 0.418. The third kappa shape index (κ3) is 6.75. The van der Waals surface area contributed by atoms with Crippen LogP contribution in [0, 0.1) is 17.8 Å². The minimum Gasteiger partial charge on any atom is -0.465 e. The minimum atomic E-state index is -0.417. The third-order valence-corrected chi connectivity index (χ3v) is 10.8. The minimum absolute atomic E-state index is 0.0307. The van der Waals surface area contributed by atoms with Crippen LogP contribution in [-0.2, 0) is 29.2 Å². The molecule has 4 fully saturated rings. The van der Waals surface area contributed by atoms with Crippen LogP contribution in [0.2, 0.25) is 0 Å². The Kier molecular flexibility index (Phi) is 9.31. The van der Waals surface area contributed by atoms with Gasteiger partial charge in [-0.1, -0.05) is 27.7 Å². The van der Waals surface area contributed by atoms with E-state index in [1.165, 1.54) is 18.4 Å². The van der Waals surface area contributed by atoms with Crippen molar-refractivity contribution in [2.45, 2.75) is 115 Å². The van der Waals surface area contributed by atoms with Crippen molar-refractivity contribution >= 4 is 35.0 Å². The first-order valence-corrected chi connectivity index (χ1v) is 16.1. The maximum absolute atomic E-state index is 14.2. The SMILES string of the molecule is COC(=O)c1sc(C(C)(C)C)cc1N(C(=O)C1CCC(C)CC1)C1CCC(NC(=O)O[C@H]2CO[C@H]3OCC[C@H]32)CC1. The highest BCUT2D eigenvalue weighted by atomic mass is 32.1. The van der Waals surface area contributed by atoms with Crippen molar-refractivity contribution in [2.24, 2.45) is 17.8 Å². The summed E-state index contributed by atoms with van der Waals surface area (Å²) >= 11 is 1.43. The van der Waals surface area contributed by atoms with Crippen LogP contribution in [0.1, 0.15) is 100 Å². The highest BCUT2D eigenvalue weighted by Crippen LogP contribution is 2.42. The Hall–Kier alpha value is -2.17. The lowest BCUT2D eigenvalue weighted by atomic mass is 9.81. The maximum atomic E-state index is 14.2. The number of alkyl carbamates (subject to hydrolysis) is 1. The normalized spacial score (nSPS) is 31.8. The number of anilines is 1. The van der Waals surface area contributed by atoms with E-state index in [0.717, 1.165) is 62.7 Å². The van der Waals surface area contributed by atoms with Crippen molar-refractivity contribution in [3.05, 3.63) is 15.8 Å². The second-order valence-electron chi connectivity index (χ2n) is 13.4. The zero-order chi connectivity index (χ0) is 29.3. The number of hydrogen-bond acceptors (Lipinski definition) is 8. The third-order valence-electron chi connectivity index (χ3n) is 9.31. The second-order valence-corrected chi connectivity index (χ2v) is 14.4. The van der Waals surface area contributed by atoms with Crippen LogP contribution < -0.4 is 10.2 Å². The summed E-state index contributed by atoms with van der Waals surface area (Å²) in [6, 6.07) is 1.95. The summed E-state index contributed by atoms with van der Waals surface area (Å²) in [6.45, 7) is 9.60. The van der Waals surface area contributed by atoms with E-state index in [4.69, 9.17) is 18.9 Å². The van der Waals surface area contributed by atoms with Crippen molar-refractivity contribution < 1.29 is 33.3 Å². The second kappa shape index (κ2) is 12.6. The predicted octanol–water partition coefficient (Wildman–Crippen LogP) is 5.79. The van der Waals surface area contributed by atoms with E-state index in [1.54, 1.807) is 0 Å². The molecule has 3 atom stereocenters. The van der Waals surface area contributed by atoms with Gasteiger partial charge in [-0.15, -0.1) is 11.3 Å². The molecule has 4 aliphatic rings. The lowest BCUT2D eigenvalue weighted by Gasteiger charge is -2.39. The largest absolute Gasteiger partial charge is 0.465 e. The molecule has 3 heterocycles. The molecule has 0 unspecified atom stereocenters. The van der Waals surface area contributed by atoms with Crippen LogP contribution in [0.25, 0.3) is 0 Å². The first-order valence-electron chi connectivity index (χ1n) is 15.3. The van der Waals surface area contributed by atoms with Gasteiger partial charge in [0.05, 0.1) is 31.9 Å². The number of methoxy groups -OCH3 is 1. The number of nitrogens with zero attached hydrogens (tertiary/aromatic N) is 1. The molecule has 0 spiro atoms. The first kappa shape index (κ1) is 30.3. The van der Waals surface area contributed by atoms with Crippen molar-refractivity contribution in [2.75, 3.05) is 25.2 Å². The average molecular weight is 591 g/mol. The van der Waals surface area contributed by atoms with Crippen molar-refractivity contribution in [3.8, 4) is 0 Å². The Morgan fingerprint density at radius 2 is 1.71 bits per heavy atom. The molecular weight excluding hydrogens is 544 g/mol. The molecule has 0 radical (unpaired) electrons. The Labute approximate surface area is 247 Å². The molecule has 0 bridgehead atoms. The van der Waals surface area contributed by atoms with Gasteiger partial charge >= 0.3 is 12.1 Å². The zero-order valence-electron chi connectivity index (χ0n) is 25.1. The monoisotopic (exact) mass is 590 g/mol. The number of carbonyl (C=O) groups excluding carboxylic acids is 3. The van der Waals surface area contributed by atoms with E-state index in [0.29, 0.717) is 29.7 Å². The number of esters is 1. The Morgan fingerprint density at radius 1 is 1.00 bits per heavy atom. The summed E-state index contributed by atoms with van der Waals surface area (Å²) in [5, 5.41) is 3.05. The molecule has 2 saturated carbocycles. The topological polar surface area (TPSA) is 103 Å². The fourth-order valence-electron chi connectivity index (χ4n) is 6.73. The summed E-state index contributed by atoms with van der Waals surface area (Å²) < 4.78 is 22.0. The molecule has 1 aromatic rings. The molecule has 2 aliphatic carbocycles. The van der Waals surface area contributed by atoms with Crippen LogP contribution in [0.4, 0.5) is 10.5 Å². The number of rotatable bonds is 6. The fraction of sp³-hybridized carbons (Fsp3) is 0.774. The Bertz CT molecular complexity index is 1100. The van der Waals surface area contributed by atoms with Crippen LogP contribution in [0.3, 0.4) is 0 Å². The van der Waals surface area contributed by atoms with Crippen molar-refractivity contribution in [3.63, 3.8) is 0 Å². The van der Waals surface area contributed by atoms with E-state index in [9.17, 15) is 14.4 Å². The molecule has 2 aliphatic heterocycles. The molecular formula is C31H46N2O7S. The van der Waals surface area contributed by atoms with Gasteiger partial charge in [0.15, 0.2) is 6.29 Å². The van der Waals surface area contributed by atoms with Gasteiger partial charge in [-0.2, -0.15) is 0 Å². The van der Waals surface area contributed by atoms with E-state index in [-0.39, 0.29) is 47.6 Å². The van der Waals surface area contributed by atoms with Crippen LogP contribution in [0.5, 0.6) is 0 Å². The highest BCUT2D eigenvalue weighted by Gasteiger charge is 2.44. The lowest BCUT2D eigenvalue weighted by Crippen LogP contribution is -2.49. The van der Waals surface area contributed by atoms with E-state index in [1.807, 2.05) is 11.0 Å². The number of carbonyl (C=O) groups is 3. The number of nitrogens with one attached hydrogen (secondary N) is 1. The number of ether oxygens (including phenoxy) is 4. The van der Waals surface area contributed by atoms with E-state index < -0.39 is 12.1 Å². The molecule has 1 N–H and O–H groups in total. The first-order chi connectivity index (χ1) is 19.5. The molecule has 1 aromatic heterocycles. The highest BCUT2D eigenvalue weighted by molar-refractivity contribution is 7.14. The molecule has 10 heteroatoms. The molecule has 5 rings (SSSR count). The van der Waals surface area contributed by atoms with Gasteiger partial charge in [0.25, 0.3) is 0 Å². The number of thiophene rings is 1. The maximum Gasteiger partial charge on any atom is 0.407 e. The Morgan fingerprint density at radius 3 is 2.37 bits per heavy atom. The summed E-state index contributed by atoms with van der Waals surface area (Å²) in [5.41, 5.74) is 0.512. The molecule has 0 aromatic carbocycles. The van der Waals surface area contributed by atoms with Crippen LogP contribution in [0.15, 0.2) is 6.07 Å². The lowest BCUT2D eigenvalue weighted by molar-refractivity contribution is -0.124. The Balaban J connectivity index is 1.30.